The highest BCUT2D eigenvalue weighted by Gasteiger charge is 2.30. The van der Waals surface area contributed by atoms with Gasteiger partial charge in [0.1, 0.15) is 0 Å². The van der Waals surface area contributed by atoms with E-state index in [4.69, 9.17) is 0 Å². The second-order valence-corrected chi connectivity index (χ2v) is 4.86. The number of aryl methyl sites for hydroxylation is 1. The first-order chi connectivity index (χ1) is 7.77. The molecule has 0 aliphatic heterocycles. The molecule has 0 heterocycles. The summed E-state index contributed by atoms with van der Waals surface area (Å²) in [4.78, 5) is 11.6. The van der Waals surface area contributed by atoms with E-state index in [0.717, 1.165) is 18.4 Å². The van der Waals surface area contributed by atoms with Gasteiger partial charge < -0.3 is 0 Å². The lowest BCUT2D eigenvalue weighted by Gasteiger charge is -2.13. The first kappa shape index (κ1) is 9.83. The molecule has 1 aromatic carbocycles. The molecule has 0 saturated heterocycles. The van der Waals surface area contributed by atoms with Crippen LogP contribution in [-0.4, -0.2) is 5.78 Å². The number of fused-ring (bicyclic) bond motifs is 1. The molecule has 1 aromatic rings. The second kappa shape index (κ2) is 3.58. The molecule has 3 rings (SSSR count). The first-order valence-corrected chi connectivity index (χ1v) is 6.08. The Bertz CT molecular complexity index is 482. The Kier molecular flexibility index (Phi) is 2.20. The van der Waals surface area contributed by atoms with Crippen molar-refractivity contribution in [1.29, 1.82) is 0 Å². The molecule has 82 valence electrons. The fourth-order valence-corrected chi connectivity index (χ4v) is 3.16. The zero-order chi connectivity index (χ0) is 11.1. The van der Waals surface area contributed by atoms with E-state index in [1.807, 2.05) is 6.92 Å². The summed E-state index contributed by atoms with van der Waals surface area (Å²) in [5, 5.41) is 0. The van der Waals surface area contributed by atoms with E-state index in [0.29, 0.717) is 11.7 Å². The van der Waals surface area contributed by atoms with Crippen LogP contribution in [0.3, 0.4) is 0 Å². The molecule has 0 aromatic heterocycles. The highest BCUT2D eigenvalue weighted by atomic mass is 16.1. The van der Waals surface area contributed by atoms with E-state index in [1.165, 1.54) is 29.5 Å². The van der Waals surface area contributed by atoms with Crippen LogP contribution in [0.1, 0.15) is 43.2 Å². The summed E-state index contributed by atoms with van der Waals surface area (Å²) >= 11 is 0. The maximum Gasteiger partial charge on any atom is 0.158 e. The molecule has 1 unspecified atom stereocenters. The number of Topliss-reactive ketones (excluding diaryl/α,β-unsaturated/α-hetero) is 1. The Morgan fingerprint density at radius 2 is 1.94 bits per heavy atom. The molecule has 0 radical (unpaired) electrons. The monoisotopic (exact) mass is 212 g/mol. The van der Waals surface area contributed by atoms with Gasteiger partial charge in [-0.1, -0.05) is 29.8 Å². The molecule has 0 fully saturated rings. The fraction of sp³-hybridized carbons (Fsp3) is 0.400. The standard InChI is InChI=1S/C15H16O/c1-10-12(8-9-15(10)16)14-7-6-11-4-2-3-5-13(11)14/h2-5,14H,6-9H2,1H3. The Balaban J connectivity index is 2.03. The highest BCUT2D eigenvalue weighted by Crippen LogP contribution is 2.43. The van der Waals surface area contributed by atoms with Gasteiger partial charge in [0.15, 0.2) is 5.78 Å². The fourth-order valence-electron chi connectivity index (χ4n) is 3.16. The lowest BCUT2D eigenvalue weighted by atomic mass is 9.90. The second-order valence-electron chi connectivity index (χ2n) is 4.86. The third-order valence-electron chi connectivity index (χ3n) is 4.07. The minimum atomic E-state index is 0.361. The van der Waals surface area contributed by atoms with Crippen molar-refractivity contribution in [2.45, 2.75) is 38.5 Å². The molecule has 1 atom stereocenters. The molecule has 0 saturated carbocycles. The summed E-state index contributed by atoms with van der Waals surface area (Å²) in [5.74, 6) is 0.891. The predicted molar refractivity (Wildman–Crippen MR) is 64.4 cm³/mol. The van der Waals surface area contributed by atoms with Gasteiger partial charge in [-0.2, -0.15) is 0 Å². The number of ketones is 1. The molecule has 2 aliphatic carbocycles. The number of carbonyl (C=O) groups is 1. The number of hydrogen-bond acceptors (Lipinski definition) is 1. The van der Waals surface area contributed by atoms with Crippen LogP contribution in [0.5, 0.6) is 0 Å². The Morgan fingerprint density at radius 1 is 1.12 bits per heavy atom. The van der Waals surface area contributed by atoms with Gasteiger partial charge in [0.25, 0.3) is 0 Å². The minimum absolute atomic E-state index is 0.361. The van der Waals surface area contributed by atoms with Crippen LogP contribution < -0.4 is 0 Å². The molecular weight excluding hydrogens is 196 g/mol. The third-order valence-corrected chi connectivity index (χ3v) is 4.07. The van der Waals surface area contributed by atoms with E-state index in [9.17, 15) is 4.79 Å². The smallest absolute Gasteiger partial charge is 0.158 e. The van der Waals surface area contributed by atoms with Gasteiger partial charge in [0.2, 0.25) is 0 Å². The average Bonchev–Trinajstić information content (AvgIpc) is 2.85. The molecule has 1 nitrogen and oxygen atoms in total. The topological polar surface area (TPSA) is 17.1 Å². The van der Waals surface area contributed by atoms with E-state index in [-0.39, 0.29) is 0 Å². The third kappa shape index (κ3) is 1.35. The molecule has 16 heavy (non-hydrogen) atoms. The Labute approximate surface area is 96.2 Å². The maximum absolute atomic E-state index is 11.6. The molecule has 0 N–H and O–H groups in total. The Morgan fingerprint density at radius 3 is 2.69 bits per heavy atom. The van der Waals surface area contributed by atoms with Gasteiger partial charge in [-0.05, 0) is 42.9 Å². The van der Waals surface area contributed by atoms with Crippen molar-refractivity contribution in [2.75, 3.05) is 0 Å². The summed E-state index contributed by atoms with van der Waals surface area (Å²) in [6, 6.07) is 8.68. The van der Waals surface area contributed by atoms with Crippen LogP contribution in [-0.2, 0) is 11.2 Å². The number of rotatable bonds is 1. The van der Waals surface area contributed by atoms with Gasteiger partial charge in [-0.25, -0.2) is 0 Å². The van der Waals surface area contributed by atoms with Crippen molar-refractivity contribution in [1.82, 2.24) is 0 Å². The molecule has 2 aliphatic rings. The van der Waals surface area contributed by atoms with Gasteiger partial charge in [0, 0.05) is 12.3 Å². The molecule has 1 heteroatoms. The van der Waals surface area contributed by atoms with Crippen molar-refractivity contribution in [3.63, 3.8) is 0 Å². The van der Waals surface area contributed by atoms with Crippen LogP contribution in [0.15, 0.2) is 35.4 Å². The molecular formula is C15H16O. The zero-order valence-electron chi connectivity index (χ0n) is 9.62. The normalized spacial score (nSPS) is 24.1. The predicted octanol–water partition coefficient (Wildman–Crippen LogP) is 3.40. The van der Waals surface area contributed by atoms with Crippen molar-refractivity contribution in [2.24, 2.45) is 0 Å². The zero-order valence-corrected chi connectivity index (χ0v) is 9.62. The number of benzene rings is 1. The van der Waals surface area contributed by atoms with Crippen LogP contribution in [0.4, 0.5) is 0 Å². The number of carbonyl (C=O) groups excluding carboxylic acids is 1. The van der Waals surface area contributed by atoms with Gasteiger partial charge in [-0.3, -0.25) is 4.79 Å². The van der Waals surface area contributed by atoms with Gasteiger partial charge >= 0.3 is 0 Å². The van der Waals surface area contributed by atoms with Crippen molar-refractivity contribution >= 4 is 5.78 Å². The van der Waals surface area contributed by atoms with Crippen molar-refractivity contribution < 1.29 is 4.79 Å². The van der Waals surface area contributed by atoms with E-state index in [2.05, 4.69) is 24.3 Å². The summed E-state index contributed by atoms with van der Waals surface area (Å²) < 4.78 is 0. The molecule has 0 bridgehead atoms. The summed E-state index contributed by atoms with van der Waals surface area (Å²) in [6.07, 6.45) is 4.09. The molecule has 0 amide bonds. The number of hydrogen-bond donors (Lipinski definition) is 0. The summed E-state index contributed by atoms with van der Waals surface area (Å²) in [6.45, 7) is 2.01. The van der Waals surface area contributed by atoms with Crippen LogP contribution >= 0.6 is 0 Å². The highest BCUT2D eigenvalue weighted by molar-refractivity contribution is 5.98. The largest absolute Gasteiger partial charge is 0.295 e. The lowest BCUT2D eigenvalue weighted by Crippen LogP contribution is -1.98. The first-order valence-electron chi connectivity index (χ1n) is 6.08. The molecule has 0 spiro atoms. The quantitative estimate of drug-likeness (QED) is 0.697. The average molecular weight is 212 g/mol. The Hall–Kier alpha value is -1.37. The lowest BCUT2D eigenvalue weighted by molar-refractivity contribution is -0.114. The van der Waals surface area contributed by atoms with Crippen LogP contribution in [0.25, 0.3) is 0 Å². The minimum Gasteiger partial charge on any atom is -0.295 e. The van der Waals surface area contributed by atoms with E-state index >= 15 is 0 Å². The van der Waals surface area contributed by atoms with E-state index in [1.54, 1.807) is 0 Å². The van der Waals surface area contributed by atoms with Crippen molar-refractivity contribution in [3.05, 3.63) is 46.5 Å². The van der Waals surface area contributed by atoms with Gasteiger partial charge in [-0.15, -0.1) is 0 Å². The summed E-state index contributed by atoms with van der Waals surface area (Å²) in [7, 11) is 0. The van der Waals surface area contributed by atoms with Crippen molar-refractivity contribution in [3.8, 4) is 0 Å². The van der Waals surface area contributed by atoms with Crippen LogP contribution in [0, 0.1) is 0 Å². The van der Waals surface area contributed by atoms with Gasteiger partial charge in [0.05, 0.1) is 0 Å². The SMILES string of the molecule is CC1=C(C2CCc3ccccc32)CCC1=O. The van der Waals surface area contributed by atoms with E-state index < -0.39 is 0 Å². The number of allylic oxidation sites excluding steroid dienone is 2. The maximum atomic E-state index is 11.6. The summed E-state index contributed by atoms with van der Waals surface area (Å²) in [5.41, 5.74) is 5.40. The van der Waals surface area contributed by atoms with Crippen LogP contribution in [0.2, 0.25) is 0 Å².